The molecule has 2 aliphatic rings. The predicted molar refractivity (Wildman–Crippen MR) is 87.3 cm³/mol. The highest BCUT2D eigenvalue weighted by Crippen LogP contribution is 2.47. The number of hydrogen-bond acceptors (Lipinski definition) is 6. The number of phenols is 3. The van der Waals surface area contributed by atoms with Crippen molar-refractivity contribution in [1.82, 2.24) is 0 Å². The maximum Gasteiger partial charge on any atom is 0.202 e. The second-order valence-electron chi connectivity index (χ2n) is 6.55. The van der Waals surface area contributed by atoms with E-state index in [1.165, 1.54) is 18.2 Å². The Labute approximate surface area is 143 Å². The lowest BCUT2D eigenvalue weighted by Gasteiger charge is -2.29. The van der Waals surface area contributed by atoms with Gasteiger partial charge in [0.05, 0.1) is 16.7 Å². The molecule has 128 valence electrons. The fourth-order valence-electron chi connectivity index (χ4n) is 3.88. The van der Waals surface area contributed by atoms with Gasteiger partial charge in [-0.1, -0.05) is 12.1 Å². The van der Waals surface area contributed by atoms with E-state index in [0.717, 1.165) is 0 Å². The molecule has 1 unspecified atom stereocenters. The molecule has 2 aliphatic carbocycles. The summed E-state index contributed by atoms with van der Waals surface area (Å²) in [6.45, 7) is -0.0552. The Hall–Kier alpha value is -2.86. The van der Waals surface area contributed by atoms with E-state index in [-0.39, 0.29) is 52.0 Å². The molecule has 0 spiro atoms. The van der Waals surface area contributed by atoms with Crippen LogP contribution in [0.3, 0.4) is 0 Å². The lowest BCUT2D eigenvalue weighted by atomic mass is 9.75. The Morgan fingerprint density at radius 2 is 1.60 bits per heavy atom. The summed E-state index contributed by atoms with van der Waals surface area (Å²) in [6.07, 6.45) is 1.33. The molecular weight excluding hydrogens is 324 g/mol. The van der Waals surface area contributed by atoms with Crippen molar-refractivity contribution in [2.45, 2.75) is 19.3 Å². The molecule has 0 aromatic heterocycles. The molecule has 1 atom stereocenters. The van der Waals surface area contributed by atoms with Gasteiger partial charge in [0.15, 0.2) is 5.78 Å². The van der Waals surface area contributed by atoms with Crippen molar-refractivity contribution in [3.8, 4) is 17.2 Å². The number of aliphatic hydroxyl groups excluding tert-OH is 1. The molecule has 2 aromatic carbocycles. The van der Waals surface area contributed by atoms with E-state index >= 15 is 0 Å². The van der Waals surface area contributed by atoms with Crippen LogP contribution in [0.15, 0.2) is 18.2 Å². The SMILES string of the molecule is O=C1c2cccc(O)c2C(=O)c2c(O)c3c(c(O)c21)CC(CO)CC3. The van der Waals surface area contributed by atoms with E-state index in [0.29, 0.717) is 30.4 Å². The van der Waals surface area contributed by atoms with Crippen LogP contribution in [0.4, 0.5) is 0 Å². The zero-order chi connectivity index (χ0) is 17.9. The van der Waals surface area contributed by atoms with Crippen LogP contribution in [-0.2, 0) is 12.8 Å². The summed E-state index contributed by atoms with van der Waals surface area (Å²) in [5.41, 5.74) is 0.211. The van der Waals surface area contributed by atoms with Crippen LogP contribution in [0.25, 0.3) is 0 Å². The molecule has 0 saturated heterocycles. The smallest absolute Gasteiger partial charge is 0.202 e. The molecule has 6 nitrogen and oxygen atoms in total. The highest BCUT2D eigenvalue weighted by molar-refractivity contribution is 6.31. The van der Waals surface area contributed by atoms with Crippen molar-refractivity contribution in [2.75, 3.05) is 6.61 Å². The van der Waals surface area contributed by atoms with Crippen molar-refractivity contribution < 1.29 is 30.0 Å². The summed E-state index contributed by atoms with van der Waals surface area (Å²) >= 11 is 0. The van der Waals surface area contributed by atoms with E-state index < -0.39 is 11.6 Å². The number of rotatable bonds is 1. The fraction of sp³-hybridized carbons (Fsp3) is 0.263. The summed E-state index contributed by atoms with van der Waals surface area (Å²) < 4.78 is 0. The third kappa shape index (κ3) is 2.01. The molecule has 0 fully saturated rings. The third-order valence-corrected chi connectivity index (χ3v) is 5.18. The van der Waals surface area contributed by atoms with Gasteiger partial charge in [-0.25, -0.2) is 0 Å². The van der Waals surface area contributed by atoms with E-state index in [1.54, 1.807) is 0 Å². The van der Waals surface area contributed by atoms with Gasteiger partial charge in [0.2, 0.25) is 5.78 Å². The normalized spacial score (nSPS) is 18.5. The largest absolute Gasteiger partial charge is 0.507 e. The lowest BCUT2D eigenvalue weighted by molar-refractivity contribution is 0.0971. The number of phenolic OH excluding ortho intramolecular Hbond substituents is 3. The first kappa shape index (κ1) is 15.7. The van der Waals surface area contributed by atoms with Gasteiger partial charge in [-0.2, -0.15) is 0 Å². The van der Waals surface area contributed by atoms with Crippen molar-refractivity contribution in [3.63, 3.8) is 0 Å². The third-order valence-electron chi connectivity index (χ3n) is 5.18. The van der Waals surface area contributed by atoms with Gasteiger partial charge >= 0.3 is 0 Å². The predicted octanol–water partition coefficient (Wildman–Crippen LogP) is 1.68. The molecule has 0 saturated carbocycles. The zero-order valence-corrected chi connectivity index (χ0v) is 13.2. The molecule has 25 heavy (non-hydrogen) atoms. The summed E-state index contributed by atoms with van der Waals surface area (Å²) in [5, 5.41) is 40.7. The maximum atomic E-state index is 12.8. The highest BCUT2D eigenvalue weighted by atomic mass is 16.3. The first-order valence-electron chi connectivity index (χ1n) is 8.07. The number of hydrogen-bond donors (Lipinski definition) is 4. The van der Waals surface area contributed by atoms with Crippen LogP contribution in [0, 0.1) is 5.92 Å². The standard InChI is InChI=1S/C19H16O6/c20-7-8-4-5-9-11(6-8)18(24)14-15(16(9)22)19(25)13-10(17(14)23)2-1-3-12(13)21/h1-3,8,20-22,24H,4-7H2. The van der Waals surface area contributed by atoms with Gasteiger partial charge in [-0.05, 0) is 31.2 Å². The maximum absolute atomic E-state index is 12.8. The lowest BCUT2D eigenvalue weighted by Crippen LogP contribution is -2.25. The van der Waals surface area contributed by atoms with E-state index in [9.17, 15) is 30.0 Å². The van der Waals surface area contributed by atoms with Gasteiger partial charge in [0.1, 0.15) is 17.2 Å². The highest BCUT2D eigenvalue weighted by Gasteiger charge is 2.40. The quantitative estimate of drug-likeness (QED) is 0.501. The Morgan fingerprint density at radius 3 is 2.32 bits per heavy atom. The van der Waals surface area contributed by atoms with E-state index in [4.69, 9.17) is 0 Å². The first-order valence-corrected chi connectivity index (χ1v) is 8.07. The molecule has 0 aliphatic heterocycles. The number of fused-ring (bicyclic) bond motifs is 3. The Balaban J connectivity index is 2.02. The van der Waals surface area contributed by atoms with Gasteiger partial charge in [-0.15, -0.1) is 0 Å². The minimum Gasteiger partial charge on any atom is -0.507 e. The van der Waals surface area contributed by atoms with Gasteiger partial charge in [-0.3, -0.25) is 9.59 Å². The fourth-order valence-corrected chi connectivity index (χ4v) is 3.88. The zero-order valence-electron chi connectivity index (χ0n) is 13.2. The monoisotopic (exact) mass is 340 g/mol. The summed E-state index contributed by atoms with van der Waals surface area (Å²) in [5.74, 6) is -2.32. The summed E-state index contributed by atoms with van der Waals surface area (Å²) in [7, 11) is 0. The molecule has 0 heterocycles. The number of ketones is 2. The topological polar surface area (TPSA) is 115 Å². The Morgan fingerprint density at radius 1 is 0.920 bits per heavy atom. The van der Waals surface area contributed by atoms with Crippen molar-refractivity contribution in [2.24, 2.45) is 5.92 Å². The number of benzene rings is 2. The summed E-state index contributed by atoms with van der Waals surface area (Å²) in [6, 6.07) is 4.16. The number of carbonyl (C=O) groups excluding carboxylic acids is 2. The second-order valence-corrected chi connectivity index (χ2v) is 6.55. The molecule has 4 rings (SSSR count). The molecule has 0 radical (unpaired) electrons. The van der Waals surface area contributed by atoms with Crippen LogP contribution in [0.5, 0.6) is 17.2 Å². The van der Waals surface area contributed by atoms with E-state index in [2.05, 4.69) is 0 Å². The van der Waals surface area contributed by atoms with Crippen LogP contribution in [0.2, 0.25) is 0 Å². The van der Waals surface area contributed by atoms with Crippen molar-refractivity contribution in [1.29, 1.82) is 0 Å². The molecule has 0 amide bonds. The van der Waals surface area contributed by atoms with Gasteiger partial charge in [0, 0.05) is 23.3 Å². The number of carbonyl (C=O) groups is 2. The Bertz CT molecular complexity index is 944. The average molecular weight is 340 g/mol. The Kier molecular flexibility index (Phi) is 3.33. The van der Waals surface area contributed by atoms with Crippen LogP contribution < -0.4 is 0 Å². The van der Waals surface area contributed by atoms with Gasteiger partial charge < -0.3 is 20.4 Å². The van der Waals surface area contributed by atoms with Crippen molar-refractivity contribution in [3.05, 3.63) is 51.6 Å². The molecular formula is C19H16O6. The van der Waals surface area contributed by atoms with E-state index in [1.807, 2.05) is 0 Å². The van der Waals surface area contributed by atoms with Crippen molar-refractivity contribution >= 4 is 11.6 Å². The van der Waals surface area contributed by atoms with Crippen LogP contribution >= 0.6 is 0 Å². The number of aliphatic hydroxyl groups is 1. The summed E-state index contributed by atoms with van der Waals surface area (Å²) in [4.78, 5) is 25.7. The van der Waals surface area contributed by atoms with Crippen LogP contribution in [-0.4, -0.2) is 38.6 Å². The second kappa shape index (κ2) is 5.32. The van der Waals surface area contributed by atoms with Gasteiger partial charge in [0.25, 0.3) is 0 Å². The minimum atomic E-state index is -0.678. The molecule has 2 aromatic rings. The number of aromatic hydroxyl groups is 3. The molecule has 0 bridgehead atoms. The van der Waals surface area contributed by atoms with Crippen LogP contribution in [0.1, 0.15) is 49.4 Å². The molecule has 6 heteroatoms. The molecule has 4 N–H and O–H groups in total. The first-order chi connectivity index (χ1) is 12.0. The minimum absolute atomic E-state index is 0.00154. The average Bonchev–Trinajstić information content (AvgIpc) is 2.62.